The van der Waals surface area contributed by atoms with Crippen molar-refractivity contribution < 1.29 is 9.31 Å². The van der Waals surface area contributed by atoms with Gasteiger partial charge in [-0.25, -0.2) is 0 Å². The molecule has 0 atom stereocenters. The molecule has 0 spiro atoms. The molecule has 0 unspecified atom stereocenters. The van der Waals surface area contributed by atoms with Crippen LogP contribution in [0.1, 0.15) is 49.9 Å². The lowest BCUT2D eigenvalue weighted by Gasteiger charge is -2.32. The van der Waals surface area contributed by atoms with Crippen LogP contribution in [0.25, 0.3) is 0 Å². The molecule has 0 amide bonds. The molecule has 1 heterocycles. The summed E-state index contributed by atoms with van der Waals surface area (Å²) in [6, 6.07) is 0. The molecule has 0 saturated carbocycles. The molecular weight excluding hydrogens is 263 g/mol. The van der Waals surface area contributed by atoms with Gasteiger partial charge in [0.15, 0.2) is 0 Å². The van der Waals surface area contributed by atoms with Gasteiger partial charge in [-0.3, -0.25) is 0 Å². The maximum Gasteiger partial charge on any atom is 0.495 e. The summed E-state index contributed by atoms with van der Waals surface area (Å²) in [7, 11) is -0.400. The van der Waals surface area contributed by atoms with Gasteiger partial charge in [0.25, 0.3) is 0 Å². The van der Waals surface area contributed by atoms with E-state index in [1.807, 2.05) is 13.8 Å². The zero-order valence-corrected chi connectivity index (χ0v) is 14.3. The molecule has 1 aromatic carbocycles. The van der Waals surface area contributed by atoms with Crippen LogP contribution in [0.5, 0.6) is 0 Å². The van der Waals surface area contributed by atoms with Crippen LogP contribution in [0.2, 0.25) is 0 Å². The summed E-state index contributed by atoms with van der Waals surface area (Å²) in [4.78, 5) is 0. The molecule has 116 valence electrons. The van der Waals surface area contributed by atoms with Gasteiger partial charge in [0.1, 0.15) is 0 Å². The SMILES string of the molecule is Cc1c(N)c(C)c(B2OC(C)(C)C(C)(C)O2)c(C)c1CN. The zero-order chi connectivity index (χ0) is 16.2. The predicted octanol–water partition coefficient (Wildman–Crippen LogP) is 1.95. The minimum absolute atomic E-state index is 0.362. The molecule has 5 heteroatoms. The van der Waals surface area contributed by atoms with Gasteiger partial charge in [-0.2, -0.15) is 0 Å². The van der Waals surface area contributed by atoms with Crippen molar-refractivity contribution in [2.45, 2.75) is 66.2 Å². The Balaban J connectivity index is 2.59. The van der Waals surface area contributed by atoms with Crippen LogP contribution in [0.4, 0.5) is 5.69 Å². The van der Waals surface area contributed by atoms with Gasteiger partial charge in [-0.1, -0.05) is 0 Å². The van der Waals surface area contributed by atoms with E-state index in [4.69, 9.17) is 20.8 Å². The Morgan fingerprint density at radius 2 is 1.38 bits per heavy atom. The van der Waals surface area contributed by atoms with Gasteiger partial charge in [0.05, 0.1) is 11.2 Å². The first-order valence-corrected chi connectivity index (χ1v) is 7.47. The molecule has 21 heavy (non-hydrogen) atoms. The molecule has 1 aliphatic heterocycles. The Labute approximate surface area is 128 Å². The third-order valence-electron chi connectivity index (χ3n) is 5.21. The van der Waals surface area contributed by atoms with Crippen molar-refractivity contribution in [2.75, 3.05) is 5.73 Å². The van der Waals surface area contributed by atoms with Gasteiger partial charge < -0.3 is 20.8 Å². The van der Waals surface area contributed by atoms with E-state index >= 15 is 0 Å². The first-order chi connectivity index (χ1) is 9.53. The molecule has 0 radical (unpaired) electrons. The van der Waals surface area contributed by atoms with Crippen molar-refractivity contribution in [1.29, 1.82) is 0 Å². The largest absolute Gasteiger partial charge is 0.495 e. The fourth-order valence-electron chi connectivity index (χ4n) is 2.93. The number of hydrogen-bond acceptors (Lipinski definition) is 4. The van der Waals surface area contributed by atoms with Gasteiger partial charge in [-0.15, -0.1) is 0 Å². The molecule has 1 saturated heterocycles. The molecule has 4 nitrogen and oxygen atoms in total. The zero-order valence-electron chi connectivity index (χ0n) is 14.3. The number of benzene rings is 1. The average Bonchev–Trinajstić information content (AvgIpc) is 2.56. The number of nitrogens with two attached hydrogens (primary N) is 2. The Morgan fingerprint density at radius 3 is 1.81 bits per heavy atom. The monoisotopic (exact) mass is 290 g/mol. The molecule has 1 fully saturated rings. The summed E-state index contributed by atoms with van der Waals surface area (Å²) < 4.78 is 12.4. The average molecular weight is 290 g/mol. The molecule has 1 aliphatic rings. The van der Waals surface area contributed by atoms with Gasteiger partial charge >= 0.3 is 7.12 Å². The Hall–Kier alpha value is -1.04. The highest BCUT2D eigenvalue weighted by molar-refractivity contribution is 6.63. The molecule has 2 rings (SSSR count). The van der Waals surface area contributed by atoms with E-state index in [2.05, 4.69) is 34.6 Å². The Morgan fingerprint density at radius 1 is 0.905 bits per heavy atom. The van der Waals surface area contributed by atoms with E-state index in [9.17, 15) is 0 Å². The van der Waals surface area contributed by atoms with Crippen molar-refractivity contribution >= 4 is 18.3 Å². The van der Waals surface area contributed by atoms with E-state index in [1.54, 1.807) is 0 Å². The minimum atomic E-state index is -0.400. The summed E-state index contributed by atoms with van der Waals surface area (Å²) >= 11 is 0. The van der Waals surface area contributed by atoms with Gasteiger partial charge in [-0.05, 0) is 76.2 Å². The molecule has 4 N–H and O–H groups in total. The van der Waals surface area contributed by atoms with Crippen LogP contribution < -0.4 is 16.9 Å². The van der Waals surface area contributed by atoms with E-state index in [0.717, 1.165) is 33.4 Å². The fraction of sp³-hybridized carbons (Fsp3) is 0.625. The topological polar surface area (TPSA) is 70.5 Å². The van der Waals surface area contributed by atoms with Crippen molar-refractivity contribution in [3.8, 4) is 0 Å². The number of anilines is 1. The molecule has 0 aromatic heterocycles. The normalized spacial score (nSPS) is 20.1. The van der Waals surface area contributed by atoms with E-state index in [-0.39, 0.29) is 11.2 Å². The highest BCUT2D eigenvalue weighted by Gasteiger charge is 2.52. The van der Waals surface area contributed by atoms with E-state index in [1.165, 1.54) is 0 Å². The highest BCUT2D eigenvalue weighted by Crippen LogP contribution is 2.37. The van der Waals surface area contributed by atoms with Crippen molar-refractivity contribution in [2.24, 2.45) is 5.73 Å². The van der Waals surface area contributed by atoms with Gasteiger partial charge in [0.2, 0.25) is 0 Å². The smallest absolute Gasteiger partial charge is 0.399 e. The first-order valence-electron chi connectivity index (χ1n) is 7.47. The summed E-state index contributed by atoms with van der Waals surface area (Å²) in [6.07, 6.45) is 0. The lowest BCUT2D eigenvalue weighted by atomic mass is 9.71. The number of rotatable bonds is 2. The maximum absolute atomic E-state index is 6.26. The van der Waals surface area contributed by atoms with Crippen molar-refractivity contribution in [3.05, 3.63) is 22.3 Å². The van der Waals surface area contributed by atoms with E-state index in [0.29, 0.717) is 6.54 Å². The third-order valence-corrected chi connectivity index (χ3v) is 5.21. The molecule has 0 bridgehead atoms. The van der Waals surface area contributed by atoms with Crippen LogP contribution in [-0.2, 0) is 15.9 Å². The van der Waals surface area contributed by atoms with Crippen LogP contribution in [0.3, 0.4) is 0 Å². The lowest BCUT2D eigenvalue weighted by Crippen LogP contribution is -2.41. The Bertz CT molecular complexity index is 566. The standard InChI is InChI=1S/C16H27BN2O2/c1-9-12(8-18)10(2)14(19)11(3)13(9)17-20-15(4,5)16(6,7)21-17/h8,18-19H2,1-7H3. The fourth-order valence-corrected chi connectivity index (χ4v) is 2.93. The first kappa shape index (κ1) is 16.3. The van der Waals surface area contributed by atoms with E-state index < -0.39 is 7.12 Å². The maximum atomic E-state index is 6.26. The summed E-state index contributed by atoms with van der Waals surface area (Å²) in [5, 5.41) is 0. The van der Waals surface area contributed by atoms with Gasteiger partial charge in [0, 0.05) is 12.2 Å². The number of hydrogen-bond donors (Lipinski definition) is 2. The second kappa shape index (κ2) is 5.01. The second-order valence-corrected chi connectivity index (χ2v) is 6.97. The quantitative estimate of drug-likeness (QED) is 0.645. The van der Waals surface area contributed by atoms with Crippen molar-refractivity contribution in [3.63, 3.8) is 0 Å². The lowest BCUT2D eigenvalue weighted by molar-refractivity contribution is 0.00578. The predicted molar refractivity (Wildman–Crippen MR) is 88.7 cm³/mol. The molecule has 1 aromatic rings. The highest BCUT2D eigenvalue weighted by atomic mass is 16.7. The Kier molecular flexibility index (Phi) is 3.89. The van der Waals surface area contributed by atoms with Crippen molar-refractivity contribution in [1.82, 2.24) is 0 Å². The summed E-state index contributed by atoms with van der Waals surface area (Å²) in [6.45, 7) is 14.8. The van der Waals surface area contributed by atoms with Crippen LogP contribution >= 0.6 is 0 Å². The minimum Gasteiger partial charge on any atom is -0.399 e. The third kappa shape index (κ3) is 2.37. The second-order valence-electron chi connectivity index (χ2n) is 6.97. The molecular formula is C16H27BN2O2. The summed E-state index contributed by atoms with van der Waals surface area (Å²) in [5.74, 6) is 0. The molecule has 0 aliphatic carbocycles. The summed E-state index contributed by atoms with van der Waals surface area (Å²) in [5.41, 5.74) is 17.6. The van der Waals surface area contributed by atoms with Crippen LogP contribution in [0.15, 0.2) is 0 Å². The number of nitrogen functional groups attached to an aromatic ring is 1. The van der Waals surface area contributed by atoms with Crippen LogP contribution in [-0.4, -0.2) is 18.3 Å². The van der Waals surface area contributed by atoms with Crippen LogP contribution in [0, 0.1) is 20.8 Å².